The van der Waals surface area contributed by atoms with E-state index in [1.54, 1.807) is 14.0 Å². The minimum absolute atomic E-state index is 0.0432. The van der Waals surface area contributed by atoms with Gasteiger partial charge in [0.2, 0.25) is 0 Å². The van der Waals surface area contributed by atoms with Crippen LogP contribution in [0.2, 0.25) is 0 Å². The predicted octanol–water partition coefficient (Wildman–Crippen LogP) is 2.25. The van der Waals surface area contributed by atoms with E-state index in [1.807, 2.05) is 0 Å². The molecule has 2 atom stereocenters. The van der Waals surface area contributed by atoms with Crippen molar-refractivity contribution in [2.45, 2.75) is 53.0 Å². The molecule has 0 spiro atoms. The molecule has 0 aromatic heterocycles. The van der Waals surface area contributed by atoms with Gasteiger partial charge in [0.1, 0.15) is 0 Å². The van der Waals surface area contributed by atoms with Crippen LogP contribution < -0.4 is 16.0 Å². The summed E-state index contributed by atoms with van der Waals surface area (Å²) < 4.78 is 4.97. The fraction of sp³-hybridized carbons (Fsp3) is 0.867. The summed E-state index contributed by atoms with van der Waals surface area (Å²) in [6.07, 6.45) is 2.40. The average molecular weight is 299 g/mol. The fourth-order valence-electron chi connectivity index (χ4n) is 3.59. The van der Waals surface area contributed by atoms with Crippen LogP contribution in [-0.4, -0.2) is 38.4 Å². The smallest absolute Gasteiger partial charge is 0.407 e. The molecule has 0 aromatic rings. The van der Waals surface area contributed by atoms with Crippen molar-refractivity contribution in [1.29, 1.82) is 0 Å². The Morgan fingerprint density at radius 2 is 1.90 bits per heavy atom. The van der Waals surface area contributed by atoms with Gasteiger partial charge in [-0.3, -0.25) is 0 Å². The van der Waals surface area contributed by atoms with Crippen molar-refractivity contribution < 1.29 is 14.3 Å². The van der Waals surface area contributed by atoms with Gasteiger partial charge in [0.15, 0.2) is 0 Å². The van der Waals surface area contributed by atoms with Crippen molar-refractivity contribution in [2.75, 3.05) is 20.2 Å². The number of carbonyl (C=O) groups excluding carboxylic acids is 2. The van der Waals surface area contributed by atoms with Gasteiger partial charge in [-0.25, -0.2) is 9.59 Å². The first kappa shape index (κ1) is 17.6. The molecule has 0 radical (unpaired) electrons. The van der Waals surface area contributed by atoms with E-state index < -0.39 is 0 Å². The molecule has 0 aliphatic heterocycles. The highest BCUT2D eigenvalue weighted by atomic mass is 16.5. The third kappa shape index (κ3) is 5.81. The third-order valence-corrected chi connectivity index (χ3v) is 3.94. The molecule has 0 heterocycles. The van der Waals surface area contributed by atoms with E-state index in [4.69, 9.17) is 4.74 Å². The molecule has 0 saturated heterocycles. The van der Waals surface area contributed by atoms with Crippen molar-refractivity contribution in [3.8, 4) is 0 Å². The summed E-state index contributed by atoms with van der Waals surface area (Å²) in [5.41, 5.74) is 0.0694. The van der Waals surface area contributed by atoms with Gasteiger partial charge in [-0.05, 0) is 37.0 Å². The molecule has 3 N–H and O–H groups in total. The van der Waals surface area contributed by atoms with Gasteiger partial charge in [0.05, 0.1) is 6.61 Å². The molecule has 2 unspecified atom stereocenters. The first-order valence-electron chi connectivity index (χ1n) is 7.58. The summed E-state index contributed by atoms with van der Waals surface area (Å²) >= 11 is 0. The second kappa shape index (κ2) is 7.00. The Morgan fingerprint density at radius 1 is 1.24 bits per heavy atom. The summed E-state index contributed by atoms with van der Waals surface area (Å²) in [5.74, 6) is 0. The minimum atomic E-state index is -0.359. The van der Waals surface area contributed by atoms with Gasteiger partial charge in [-0.15, -0.1) is 0 Å². The van der Waals surface area contributed by atoms with E-state index in [9.17, 15) is 9.59 Å². The lowest BCUT2D eigenvalue weighted by atomic mass is 9.62. The monoisotopic (exact) mass is 299 g/mol. The normalized spacial score (nSPS) is 27.6. The molecule has 1 aliphatic rings. The first-order valence-corrected chi connectivity index (χ1v) is 7.58. The summed E-state index contributed by atoms with van der Waals surface area (Å²) in [7, 11) is 1.60. The summed E-state index contributed by atoms with van der Waals surface area (Å²) in [4.78, 5) is 23.0. The van der Waals surface area contributed by atoms with Crippen LogP contribution in [0.5, 0.6) is 0 Å². The van der Waals surface area contributed by atoms with Crippen LogP contribution in [0, 0.1) is 10.8 Å². The standard InChI is InChI=1S/C15H29N3O3/c1-6-21-13(20)18-11-7-14(2,3)9-15(4,8-11)10-17-12(19)16-5/h11H,6-10H2,1-5H3,(H,18,20)(H2,16,17,19). The summed E-state index contributed by atoms with van der Waals surface area (Å²) in [6, 6.07) is -0.0983. The van der Waals surface area contributed by atoms with Gasteiger partial charge in [0.25, 0.3) is 0 Å². The van der Waals surface area contributed by atoms with Gasteiger partial charge < -0.3 is 20.7 Å². The van der Waals surface area contributed by atoms with Crippen molar-refractivity contribution in [3.05, 3.63) is 0 Å². The Hall–Kier alpha value is -1.46. The van der Waals surface area contributed by atoms with Crippen molar-refractivity contribution in [3.63, 3.8) is 0 Å². The molecule has 1 rings (SSSR count). The molecular weight excluding hydrogens is 270 g/mol. The molecule has 6 nitrogen and oxygen atoms in total. The van der Waals surface area contributed by atoms with Crippen LogP contribution in [0.15, 0.2) is 0 Å². The predicted molar refractivity (Wildman–Crippen MR) is 82.1 cm³/mol. The van der Waals surface area contributed by atoms with Crippen LogP contribution in [0.25, 0.3) is 0 Å². The zero-order valence-corrected chi connectivity index (χ0v) is 13.8. The van der Waals surface area contributed by atoms with Gasteiger partial charge in [-0.1, -0.05) is 20.8 Å². The Kier molecular flexibility index (Phi) is 5.87. The zero-order chi connectivity index (χ0) is 16.1. The number of hydrogen-bond donors (Lipinski definition) is 3. The Morgan fingerprint density at radius 3 is 2.48 bits per heavy atom. The van der Waals surface area contributed by atoms with Gasteiger partial charge >= 0.3 is 12.1 Å². The highest BCUT2D eigenvalue weighted by Crippen LogP contribution is 2.45. The third-order valence-electron chi connectivity index (χ3n) is 3.94. The van der Waals surface area contributed by atoms with Crippen LogP contribution >= 0.6 is 0 Å². The molecule has 3 amide bonds. The number of nitrogens with one attached hydrogen (secondary N) is 3. The Bertz CT molecular complexity index is 384. The topological polar surface area (TPSA) is 79.5 Å². The van der Waals surface area contributed by atoms with Crippen molar-refractivity contribution in [2.24, 2.45) is 10.8 Å². The van der Waals surface area contributed by atoms with Crippen LogP contribution in [-0.2, 0) is 4.74 Å². The zero-order valence-electron chi connectivity index (χ0n) is 13.8. The number of carbonyl (C=O) groups is 2. The fourth-order valence-corrected chi connectivity index (χ4v) is 3.59. The first-order chi connectivity index (χ1) is 9.69. The average Bonchev–Trinajstić information content (AvgIpc) is 2.33. The molecule has 6 heteroatoms. The van der Waals surface area contributed by atoms with E-state index in [0.29, 0.717) is 13.2 Å². The maximum Gasteiger partial charge on any atom is 0.407 e. The summed E-state index contributed by atoms with van der Waals surface area (Å²) in [5, 5.41) is 8.39. The second-order valence-electron chi connectivity index (χ2n) is 7.05. The molecule has 1 fully saturated rings. The second-order valence-corrected chi connectivity index (χ2v) is 7.05. The number of rotatable bonds is 4. The van der Waals surface area contributed by atoms with E-state index in [-0.39, 0.29) is 29.0 Å². The number of urea groups is 1. The van der Waals surface area contributed by atoms with Crippen molar-refractivity contribution >= 4 is 12.1 Å². The molecule has 0 bridgehead atoms. The van der Waals surface area contributed by atoms with Crippen LogP contribution in [0.4, 0.5) is 9.59 Å². The summed E-state index contributed by atoms with van der Waals surface area (Å²) in [6.45, 7) is 9.31. The minimum Gasteiger partial charge on any atom is -0.450 e. The molecule has 1 saturated carbocycles. The Balaban J connectivity index is 2.67. The van der Waals surface area contributed by atoms with Crippen molar-refractivity contribution in [1.82, 2.24) is 16.0 Å². The molecule has 1 aliphatic carbocycles. The van der Waals surface area contributed by atoms with E-state index in [1.165, 1.54) is 0 Å². The quantitative estimate of drug-likeness (QED) is 0.745. The highest BCUT2D eigenvalue weighted by molar-refractivity contribution is 5.73. The lowest BCUT2D eigenvalue weighted by Crippen LogP contribution is -2.51. The lowest BCUT2D eigenvalue weighted by Gasteiger charge is -2.46. The number of ether oxygens (including phenoxy) is 1. The SMILES string of the molecule is CCOC(=O)NC1CC(C)(C)CC(C)(CNC(=O)NC)C1. The van der Waals surface area contributed by atoms with E-state index in [0.717, 1.165) is 19.3 Å². The number of alkyl carbamates (subject to hydrolysis) is 1. The maximum atomic E-state index is 11.6. The number of hydrogen-bond acceptors (Lipinski definition) is 3. The maximum absolute atomic E-state index is 11.6. The molecule has 21 heavy (non-hydrogen) atoms. The van der Waals surface area contributed by atoms with E-state index >= 15 is 0 Å². The van der Waals surface area contributed by atoms with Gasteiger partial charge in [-0.2, -0.15) is 0 Å². The molecule has 122 valence electrons. The Labute approximate surface area is 127 Å². The highest BCUT2D eigenvalue weighted by Gasteiger charge is 2.41. The van der Waals surface area contributed by atoms with Crippen LogP contribution in [0.1, 0.15) is 47.0 Å². The number of amides is 3. The lowest BCUT2D eigenvalue weighted by molar-refractivity contribution is 0.0673. The van der Waals surface area contributed by atoms with Crippen LogP contribution in [0.3, 0.4) is 0 Å². The van der Waals surface area contributed by atoms with E-state index in [2.05, 4.69) is 36.7 Å². The largest absolute Gasteiger partial charge is 0.450 e. The molecule has 0 aromatic carbocycles. The molecular formula is C15H29N3O3. The van der Waals surface area contributed by atoms with Gasteiger partial charge in [0, 0.05) is 19.6 Å².